The summed E-state index contributed by atoms with van der Waals surface area (Å²) in [6.45, 7) is 2.01. The number of nitrogens with one attached hydrogen (secondary N) is 3. The Kier molecular flexibility index (Phi) is 4.23. The van der Waals surface area contributed by atoms with Crippen molar-refractivity contribution < 1.29 is 14.4 Å². The van der Waals surface area contributed by atoms with E-state index < -0.39 is 6.04 Å². The van der Waals surface area contributed by atoms with Crippen molar-refractivity contribution in [1.29, 1.82) is 0 Å². The van der Waals surface area contributed by atoms with Gasteiger partial charge in [-0.2, -0.15) is 0 Å². The fourth-order valence-electron chi connectivity index (χ4n) is 4.33. The summed E-state index contributed by atoms with van der Waals surface area (Å²) in [5, 5.41) is 9.12. The fourth-order valence-corrected chi connectivity index (χ4v) is 4.33. The monoisotopic (exact) mass is 390 g/mol. The Hall–Kier alpha value is -3.35. The molecule has 3 aliphatic rings. The maximum Gasteiger partial charge on any atom is 0.255 e. The molecule has 0 radical (unpaired) electrons. The molecule has 0 bridgehead atoms. The van der Waals surface area contributed by atoms with Crippen LogP contribution in [0.3, 0.4) is 0 Å². The minimum atomic E-state index is -0.575. The predicted octanol–water partition coefficient (Wildman–Crippen LogP) is 2.03. The molecule has 0 saturated carbocycles. The molecule has 7 heteroatoms. The average molecular weight is 390 g/mol. The van der Waals surface area contributed by atoms with Crippen LogP contribution >= 0.6 is 0 Å². The topological polar surface area (TPSA) is 90.5 Å². The summed E-state index contributed by atoms with van der Waals surface area (Å²) in [5.41, 5.74) is 6.16. The van der Waals surface area contributed by atoms with Crippen LogP contribution in [0, 0.1) is 0 Å². The second kappa shape index (κ2) is 6.92. The van der Waals surface area contributed by atoms with Gasteiger partial charge in [-0.25, -0.2) is 0 Å². The Morgan fingerprint density at radius 1 is 1.03 bits per heavy atom. The molecule has 3 heterocycles. The van der Waals surface area contributed by atoms with E-state index in [1.54, 1.807) is 4.90 Å². The zero-order valence-electron chi connectivity index (χ0n) is 16.0. The zero-order chi connectivity index (χ0) is 20.0. The van der Waals surface area contributed by atoms with Gasteiger partial charge < -0.3 is 15.5 Å². The number of anilines is 2. The van der Waals surface area contributed by atoms with Crippen LogP contribution in [-0.4, -0.2) is 35.2 Å². The molecule has 3 aliphatic heterocycles. The lowest BCUT2D eigenvalue weighted by atomic mass is 10.0. The SMILES string of the molecule is O=C1CCC(N2Cc3ccc(CNc4ccc5c(c4)CCN5)cc3C2=O)C(=O)N1. The maximum absolute atomic E-state index is 12.9. The Balaban J connectivity index is 1.29. The molecule has 1 atom stereocenters. The van der Waals surface area contributed by atoms with Crippen LogP contribution in [0.2, 0.25) is 0 Å². The van der Waals surface area contributed by atoms with Crippen molar-refractivity contribution in [1.82, 2.24) is 10.2 Å². The van der Waals surface area contributed by atoms with Gasteiger partial charge in [-0.15, -0.1) is 0 Å². The van der Waals surface area contributed by atoms with Crippen molar-refractivity contribution in [2.75, 3.05) is 17.2 Å². The second-order valence-corrected chi connectivity index (χ2v) is 7.79. The lowest BCUT2D eigenvalue weighted by Gasteiger charge is -2.29. The van der Waals surface area contributed by atoms with E-state index in [4.69, 9.17) is 0 Å². The van der Waals surface area contributed by atoms with Crippen LogP contribution < -0.4 is 16.0 Å². The summed E-state index contributed by atoms with van der Waals surface area (Å²) < 4.78 is 0. The first-order chi connectivity index (χ1) is 14.1. The molecule has 0 aliphatic carbocycles. The predicted molar refractivity (Wildman–Crippen MR) is 108 cm³/mol. The molecule has 2 aromatic carbocycles. The number of piperidine rings is 1. The van der Waals surface area contributed by atoms with Crippen LogP contribution in [0.4, 0.5) is 11.4 Å². The molecule has 3 amide bonds. The van der Waals surface area contributed by atoms with Gasteiger partial charge in [0.15, 0.2) is 0 Å². The third-order valence-corrected chi connectivity index (χ3v) is 5.90. The first-order valence-electron chi connectivity index (χ1n) is 9.95. The lowest BCUT2D eigenvalue weighted by molar-refractivity contribution is -0.136. The Morgan fingerprint density at radius 2 is 1.93 bits per heavy atom. The van der Waals surface area contributed by atoms with E-state index in [9.17, 15) is 14.4 Å². The van der Waals surface area contributed by atoms with E-state index in [1.165, 1.54) is 11.3 Å². The Bertz CT molecular complexity index is 1030. The molecule has 0 spiro atoms. The van der Waals surface area contributed by atoms with E-state index >= 15 is 0 Å². The Morgan fingerprint density at radius 3 is 2.79 bits per heavy atom. The van der Waals surface area contributed by atoms with Crippen LogP contribution in [-0.2, 0) is 29.1 Å². The minimum Gasteiger partial charge on any atom is -0.384 e. The highest BCUT2D eigenvalue weighted by molar-refractivity contribution is 6.05. The van der Waals surface area contributed by atoms with Crippen molar-refractivity contribution >= 4 is 29.1 Å². The third kappa shape index (κ3) is 3.22. The molecule has 29 heavy (non-hydrogen) atoms. The maximum atomic E-state index is 12.9. The number of rotatable bonds is 4. The number of imide groups is 1. The van der Waals surface area contributed by atoms with Crippen LogP contribution in [0.5, 0.6) is 0 Å². The number of nitrogens with zero attached hydrogens (tertiary/aromatic N) is 1. The van der Waals surface area contributed by atoms with Gasteiger partial charge in [0, 0.05) is 43.0 Å². The summed E-state index contributed by atoms with van der Waals surface area (Å²) in [6, 6.07) is 11.6. The molecule has 7 nitrogen and oxygen atoms in total. The number of hydrogen-bond donors (Lipinski definition) is 3. The van der Waals surface area contributed by atoms with E-state index in [1.807, 2.05) is 18.2 Å². The molecule has 2 aromatic rings. The van der Waals surface area contributed by atoms with Gasteiger partial charge in [0.1, 0.15) is 6.04 Å². The summed E-state index contributed by atoms with van der Waals surface area (Å²) in [7, 11) is 0. The smallest absolute Gasteiger partial charge is 0.255 e. The summed E-state index contributed by atoms with van der Waals surface area (Å²) in [4.78, 5) is 38.0. The average Bonchev–Trinajstić information content (AvgIpc) is 3.31. The van der Waals surface area contributed by atoms with Crippen molar-refractivity contribution in [3.63, 3.8) is 0 Å². The summed E-state index contributed by atoms with van der Waals surface area (Å²) >= 11 is 0. The summed E-state index contributed by atoms with van der Waals surface area (Å²) in [6.07, 6.45) is 1.68. The van der Waals surface area contributed by atoms with Gasteiger partial charge in [0.2, 0.25) is 11.8 Å². The van der Waals surface area contributed by atoms with E-state index in [0.717, 1.165) is 29.8 Å². The Labute approximate surface area is 168 Å². The van der Waals surface area contributed by atoms with Gasteiger partial charge in [0.05, 0.1) is 0 Å². The van der Waals surface area contributed by atoms with Crippen LogP contribution in [0.15, 0.2) is 36.4 Å². The quantitative estimate of drug-likeness (QED) is 0.695. The highest BCUT2D eigenvalue weighted by Crippen LogP contribution is 2.29. The number of hydrogen-bond acceptors (Lipinski definition) is 5. The van der Waals surface area contributed by atoms with E-state index in [-0.39, 0.29) is 24.1 Å². The van der Waals surface area contributed by atoms with Crippen molar-refractivity contribution in [3.8, 4) is 0 Å². The molecule has 1 fully saturated rings. The first-order valence-corrected chi connectivity index (χ1v) is 9.95. The highest BCUT2D eigenvalue weighted by atomic mass is 16.2. The van der Waals surface area contributed by atoms with Gasteiger partial charge in [-0.05, 0) is 53.8 Å². The van der Waals surface area contributed by atoms with Gasteiger partial charge in [-0.3, -0.25) is 19.7 Å². The molecular formula is C22H22N4O3. The summed E-state index contributed by atoms with van der Waals surface area (Å²) in [5.74, 6) is -0.790. The molecule has 148 valence electrons. The number of amides is 3. The highest BCUT2D eigenvalue weighted by Gasteiger charge is 2.39. The first kappa shape index (κ1) is 17.7. The second-order valence-electron chi connectivity index (χ2n) is 7.79. The normalized spacial score (nSPS) is 20.2. The number of carbonyl (C=O) groups is 3. The number of benzene rings is 2. The molecule has 1 saturated heterocycles. The molecule has 1 unspecified atom stereocenters. The minimum absolute atomic E-state index is 0.139. The largest absolute Gasteiger partial charge is 0.384 e. The van der Waals surface area contributed by atoms with E-state index in [0.29, 0.717) is 25.1 Å². The lowest BCUT2D eigenvalue weighted by Crippen LogP contribution is -2.52. The number of carbonyl (C=O) groups excluding carboxylic acids is 3. The molecule has 3 N–H and O–H groups in total. The van der Waals surface area contributed by atoms with Gasteiger partial charge in [0.25, 0.3) is 5.91 Å². The van der Waals surface area contributed by atoms with Crippen molar-refractivity contribution in [3.05, 3.63) is 58.7 Å². The van der Waals surface area contributed by atoms with Crippen molar-refractivity contribution in [2.24, 2.45) is 0 Å². The fraction of sp³-hybridized carbons (Fsp3) is 0.318. The number of fused-ring (bicyclic) bond motifs is 2. The molecular weight excluding hydrogens is 368 g/mol. The van der Waals surface area contributed by atoms with E-state index in [2.05, 4.69) is 34.1 Å². The van der Waals surface area contributed by atoms with Crippen LogP contribution in [0.1, 0.15) is 39.9 Å². The third-order valence-electron chi connectivity index (χ3n) is 5.90. The van der Waals surface area contributed by atoms with Gasteiger partial charge >= 0.3 is 0 Å². The molecule has 0 aromatic heterocycles. The standard InChI is InChI=1S/C22H22N4O3/c27-20-6-5-19(21(28)25-20)26-12-15-2-1-13(9-17(15)22(26)29)11-24-16-3-4-18-14(10-16)7-8-23-18/h1-4,9-10,19,23-24H,5-8,11-12H2,(H,25,27,28). The molecule has 5 rings (SSSR count). The van der Waals surface area contributed by atoms with Gasteiger partial charge in [-0.1, -0.05) is 12.1 Å². The van der Waals surface area contributed by atoms with Crippen LogP contribution in [0.25, 0.3) is 0 Å². The van der Waals surface area contributed by atoms with Crippen molar-refractivity contribution in [2.45, 2.75) is 38.4 Å². The zero-order valence-corrected chi connectivity index (χ0v) is 16.0.